The number of likely N-dealkylation sites (tertiary alicyclic amines) is 2. The molecule has 4 rings (SSSR count). The highest BCUT2D eigenvalue weighted by atomic mass is 16.2. The lowest BCUT2D eigenvalue weighted by Crippen LogP contribution is -2.50. The van der Waals surface area contributed by atoms with Gasteiger partial charge in [0.05, 0.1) is 6.04 Å². The van der Waals surface area contributed by atoms with Crippen LogP contribution in [0.15, 0.2) is 36.7 Å². The Labute approximate surface area is 153 Å². The fourth-order valence-electron chi connectivity index (χ4n) is 3.99. The quantitative estimate of drug-likeness (QED) is 0.912. The fourth-order valence-corrected chi connectivity index (χ4v) is 3.99. The molecule has 2 aromatic rings. The van der Waals surface area contributed by atoms with Gasteiger partial charge < -0.3 is 10.2 Å². The lowest BCUT2D eigenvalue weighted by atomic mass is 10.0. The molecule has 1 N–H and O–H groups in total. The van der Waals surface area contributed by atoms with Crippen molar-refractivity contribution < 1.29 is 9.59 Å². The zero-order valence-corrected chi connectivity index (χ0v) is 15.0. The van der Waals surface area contributed by atoms with Crippen LogP contribution in [0.5, 0.6) is 0 Å². The van der Waals surface area contributed by atoms with Crippen LogP contribution in [0.4, 0.5) is 0 Å². The van der Waals surface area contributed by atoms with Crippen molar-refractivity contribution >= 4 is 22.6 Å². The molecule has 1 aromatic carbocycles. The van der Waals surface area contributed by atoms with E-state index in [1.807, 2.05) is 36.2 Å². The van der Waals surface area contributed by atoms with Crippen LogP contribution in [0, 0.1) is 0 Å². The zero-order chi connectivity index (χ0) is 18.1. The van der Waals surface area contributed by atoms with Gasteiger partial charge in [0.1, 0.15) is 0 Å². The van der Waals surface area contributed by atoms with E-state index >= 15 is 0 Å². The van der Waals surface area contributed by atoms with Crippen molar-refractivity contribution in [3.8, 4) is 0 Å². The number of aromatic nitrogens is 1. The zero-order valence-electron chi connectivity index (χ0n) is 15.0. The number of amides is 2. The minimum atomic E-state index is -0.0362. The summed E-state index contributed by atoms with van der Waals surface area (Å²) < 4.78 is 0. The summed E-state index contributed by atoms with van der Waals surface area (Å²) in [5.41, 5.74) is 0.667. The number of nitrogens with zero attached hydrogens (tertiary/aromatic N) is 3. The van der Waals surface area contributed by atoms with Crippen LogP contribution in [0.2, 0.25) is 0 Å². The smallest absolute Gasteiger partial charge is 0.251 e. The first kappa shape index (κ1) is 17.0. The number of likely N-dealkylation sites (N-methyl/N-ethyl adjacent to an activating group) is 1. The summed E-state index contributed by atoms with van der Waals surface area (Å²) in [7, 11) is 1.87. The predicted molar refractivity (Wildman–Crippen MR) is 99.8 cm³/mol. The molecule has 0 saturated carbocycles. The van der Waals surface area contributed by atoms with Gasteiger partial charge in [-0.15, -0.1) is 0 Å². The Morgan fingerprint density at radius 2 is 1.92 bits per heavy atom. The van der Waals surface area contributed by atoms with E-state index in [9.17, 15) is 9.59 Å². The minimum absolute atomic E-state index is 0.0321. The van der Waals surface area contributed by atoms with Gasteiger partial charge in [0, 0.05) is 56.1 Å². The van der Waals surface area contributed by atoms with E-state index in [1.54, 1.807) is 12.4 Å². The maximum Gasteiger partial charge on any atom is 0.251 e. The molecular formula is C20H24N4O2. The van der Waals surface area contributed by atoms with Gasteiger partial charge in [-0.1, -0.05) is 6.07 Å². The number of nitrogens with one attached hydrogen (secondary N) is 1. The monoisotopic (exact) mass is 352 g/mol. The molecular weight excluding hydrogens is 328 g/mol. The molecule has 2 amide bonds. The largest absolute Gasteiger partial charge is 0.349 e. The Kier molecular flexibility index (Phi) is 4.59. The van der Waals surface area contributed by atoms with Crippen molar-refractivity contribution in [2.75, 3.05) is 26.7 Å². The van der Waals surface area contributed by atoms with Crippen molar-refractivity contribution in [3.05, 3.63) is 42.2 Å². The Morgan fingerprint density at radius 1 is 1.12 bits per heavy atom. The number of hydrogen-bond acceptors (Lipinski definition) is 4. The summed E-state index contributed by atoms with van der Waals surface area (Å²) >= 11 is 0. The Morgan fingerprint density at radius 3 is 2.65 bits per heavy atom. The molecule has 2 aliphatic heterocycles. The molecule has 0 radical (unpaired) electrons. The second-order valence-corrected chi connectivity index (χ2v) is 7.29. The number of piperidine rings is 1. The summed E-state index contributed by atoms with van der Waals surface area (Å²) in [6.45, 7) is 2.56. The van der Waals surface area contributed by atoms with E-state index in [4.69, 9.17) is 0 Å². The summed E-state index contributed by atoms with van der Waals surface area (Å²) in [5, 5.41) is 5.20. The van der Waals surface area contributed by atoms with E-state index < -0.39 is 0 Å². The number of benzene rings is 1. The second-order valence-electron chi connectivity index (χ2n) is 7.29. The average Bonchev–Trinajstić information content (AvgIpc) is 3.01. The van der Waals surface area contributed by atoms with Crippen LogP contribution >= 0.6 is 0 Å². The number of pyridine rings is 1. The van der Waals surface area contributed by atoms with Crippen LogP contribution in [0.25, 0.3) is 10.8 Å². The number of carbonyl (C=O) groups is 2. The summed E-state index contributed by atoms with van der Waals surface area (Å²) in [6, 6.07) is 7.84. The highest BCUT2D eigenvalue weighted by Crippen LogP contribution is 2.21. The van der Waals surface area contributed by atoms with Gasteiger partial charge in [-0.05, 0) is 42.8 Å². The topological polar surface area (TPSA) is 65.5 Å². The molecule has 1 unspecified atom stereocenters. The van der Waals surface area contributed by atoms with Gasteiger partial charge in [0.2, 0.25) is 5.91 Å². The van der Waals surface area contributed by atoms with E-state index in [-0.39, 0.29) is 23.9 Å². The van der Waals surface area contributed by atoms with E-state index in [1.165, 1.54) is 0 Å². The first-order chi connectivity index (χ1) is 12.6. The number of hydrogen-bond donors (Lipinski definition) is 1. The SMILES string of the molecule is CN1CCC(N2CCC(NC(=O)c3ccc4ccncc4c3)CC2)C1=O. The van der Waals surface area contributed by atoms with Gasteiger partial charge in [0.15, 0.2) is 0 Å². The molecule has 2 fully saturated rings. The second kappa shape index (κ2) is 7.03. The van der Waals surface area contributed by atoms with Crippen LogP contribution in [0.1, 0.15) is 29.6 Å². The van der Waals surface area contributed by atoms with E-state index in [0.29, 0.717) is 5.56 Å². The van der Waals surface area contributed by atoms with Gasteiger partial charge >= 0.3 is 0 Å². The molecule has 0 bridgehead atoms. The van der Waals surface area contributed by atoms with Crippen LogP contribution < -0.4 is 5.32 Å². The first-order valence-corrected chi connectivity index (χ1v) is 9.25. The van der Waals surface area contributed by atoms with Gasteiger partial charge in [-0.25, -0.2) is 0 Å². The molecule has 6 nitrogen and oxygen atoms in total. The predicted octanol–water partition coefficient (Wildman–Crippen LogP) is 1.66. The van der Waals surface area contributed by atoms with Crippen molar-refractivity contribution in [1.29, 1.82) is 0 Å². The molecule has 1 aromatic heterocycles. The van der Waals surface area contributed by atoms with Crippen LogP contribution in [-0.2, 0) is 4.79 Å². The van der Waals surface area contributed by atoms with E-state index in [0.717, 1.165) is 49.7 Å². The third-order valence-corrected chi connectivity index (χ3v) is 5.61. The lowest BCUT2D eigenvalue weighted by molar-refractivity contribution is -0.131. The van der Waals surface area contributed by atoms with Gasteiger partial charge in [-0.2, -0.15) is 0 Å². The normalized spacial score (nSPS) is 22.1. The summed E-state index contributed by atoms with van der Waals surface area (Å²) in [6.07, 6.45) is 6.21. The standard InChI is InChI=1S/C20H24N4O2/c1-23-9-7-18(20(23)26)24-10-5-17(6-11-24)22-19(25)15-3-2-14-4-8-21-13-16(14)12-15/h2-4,8,12-13,17-18H,5-7,9-11H2,1H3,(H,22,25). The highest BCUT2D eigenvalue weighted by Gasteiger charge is 2.35. The fraction of sp³-hybridized carbons (Fsp3) is 0.450. The van der Waals surface area contributed by atoms with Crippen molar-refractivity contribution in [3.63, 3.8) is 0 Å². The Bertz CT molecular complexity index is 829. The van der Waals surface area contributed by atoms with Gasteiger partial charge in [0.25, 0.3) is 5.91 Å². The maximum absolute atomic E-state index is 12.6. The molecule has 0 spiro atoms. The molecule has 2 aliphatic rings. The summed E-state index contributed by atoms with van der Waals surface area (Å²) in [4.78, 5) is 33.0. The van der Waals surface area contributed by atoms with Crippen LogP contribution in [-0.4, -0.2) is 65.4 Å². The number of carbonyl (C=O) groups excluding carboxylic acids is 2. The molecule has 1 atom stereocenters. The minimum Gasteiger partial charge on any atom is -0.349 e. The number of fused-ring (bicyclic) bond motifs is 1. The molecule has 2 saturated heterocycles. The molecule has 26 heavy (non-hydrogen) atoms. The van der Waals surface area contributed by atoms with Crippen molar-refractivity contribution in [2.24, 2.45) is 0 Å². The van der Waals surface area contributed by atoms with Crippen molar-refractivity contribution in [1.82, 2.24) is 20.1 Å². The maximum atomic E-state index is 12.6. The van der Waals surface area contributed by atoms with Crippen LogP contribution in [0.3, 0.4) is 0 Å². The Balaban J connectivity index is 1.35. The molecule has 3 heterocycles. The summed E-state index contributed by atoms with van der Waals surface area (Å²) in [5.74, 6) is 0.197. The number of rotatable bonds is 3. The third kappa shape index (κ3) is 3.29. The average molecular weight is 352 g/mol. The van der Waals surface area contributed by atoms with E-state index in [2.05, 4.69) is 15.2 Å². The molecule has 6 heteroatoms. The lowest BCUT2D eigenvalue weighted by Gasteiger charge is -2.35. The first-order valence-electron chi connectivity index (χ1n) is 9.25. The van der Waals surface area contributed by atoms with Gasteiger partial charge in [-0.3, -0.25) is 19.5 Å². The molecule has 0 aliphatic carbocycles. The molecule has 136 valence electrons. The van der Waals surface area contributed by atoms with Crippen molar-refractivity contribution in [2.45, 2.75) is 31.3 Å². The third-order valence-electron chi connectivity index (χ3n) is 5.61. The highest BCUT2D eigenvalue weighted by molar-refractivity contribution is 5.98. The Hall–Kier alpha value is -2.47.